The molecule has 3 aromatic heterocycles. The first-order chi connectivity index (χ1) is 11.7. The molecular weight excluding hydrogens is 302 g/mol. The second kappa shape index (κ2) is 6.16. The molecule has 0 bridgehead atoms. The minimum Gasteiger partial charge on any atom is -0.351 e. The first-order valence-electron chi connectivity index (χ1n) is 8.32. The summed E-state index contributed by atoms with van der Waals surface area (Å²) in [6.45, 7) is 0. The molecule has 0 aromatic carbocycles. The van der Waals surface area contributed by atoms with Gasteiger partial charge in [-0.15, -0.1) is 0 Å². The summed E-state index contributed by atoms with van der Waals surface area (Å²) in [6.07, 6.45) is 9.62. The summed E-state index contributed by atoms with van der Waals surface area (Å²) in [6, 6.07) is 4.70. The number of aromatic nitrogens is 5. The molecule has 4 rings (SSSR count). The van der Waals surface area contributed by atoms with Crippen molar-refractivity contribution in [3.05, 3.63) is 30.7 Å². The average molecular weight is 323 g/mol. The fourth-order valence-corrected chi connectivity index (χ4v) is 3.20. The Hall–Kier alpha value is -2.54. The smallest absolute Gasteiger partial charge is 0.223 e. The van der Waals surface area contributed by atoms with Crippen LogP contribution in [0, 0.1) is 0 Å². The molecule has 3 aromatic rings. The summed E-state index contributed by atoms with van der Waals surface area (Å²) in [5.74, 6) is 0.665. The van der Waals surface area contributed by atoms with Crippen molar-refractivity contribution < 1.29 is 0 Å². The Balaban J connectivity index is 1.58. The molecule has 0 aliphatic heterocycles. The molecule has 7 heteroatoms. The van der Waals surface area contributed by atoms with Crippen LogP contribution in [-0.4, -0.2) is 36.8 Å². The second-order valence-electron chi connectivity index (χ2n) is 6.42. The summed E-state index contributed by atoms with van der Waals surface area (Å²) in [5, 5.41) is 7.67. The van der Waals surface area contributed by atoms with Crippen LogP contribution in [0.25, 0.3) is 22.3 Å². The van der Waals surface area contributed by atoms with Gasteiger partial charge in [-0.3, -0.25) is 9.67 Å². The number of rotatable bonds is 3. The minimum absolute atomic E-state index is 0.340. The molecule has 24 heavy (non-hydrogen) atoms. The fraction of sp³-hybridized carbons (Fsp3) is 0.412. The normalized spacial score (nSPS) is 21.1. The van der Waals surface area contributed by atoms with Crippen molar-refractivity contribution in [2.45, 2.75) is 37.8 Å². The highest BCUT2D eigenvalue weighted by atomic mass is 15.3. The van der Waals surface area contributed by atoms with Crippen LogP contribution in [0.1, 0.15) is 25.7 Å². The molecule has 1 fully saturated rings. The molecule has 0 spiro atoms. The SMILES string of the molecule is Cn1ncc2ncc(-c3ccnc(NC4CCC(N)CC4)n3)cc21. The Morgan fingerprint density at radius 1 is 1.17 bits per heavy atom. The van der Waals surface area contributed by atoms with Gasteiger partial charge in [0.15, 0.2) is 0 Å². The van der Waals surface area contributed by atoms with Crippen molar-refractivity contribution >= 4 is 17.0 Å². The van der Waals surface area contributed by atoms with Crippen LogP contribution >= 0.6 is 0 Å². The van der Waals surface area contributed by atoms with Gasteiger partial charge in [0.1, 0.15) is 5.52 Å². The van der Waals surface area contributed by atoms with Crippen molar-refractivity contribution in [2.24, 2.45) is 12.8 Å². The van der Waals surface area contributed by atoms with Crippen molar-refractivity contribution in [1.82, 2.24) is 24.7 Å². The molecule has 1 aliphatic rings. The van der Waals surface area contributed by atoms with Gasteiger partial charge in [0.05, 0.1) is 17.4 Å². The maximum absolute atomic E-state index is 5.97. The van der Waals surface area contributed by atoms with Gasteiger partial charge in [-0.1, -0.05) is 0 Å². The van der Waals surface area contributed by atoms with Crippen LogP contribution in [0.5, 0.6) is 0 Å². The molecule has 0 radical (unpaired) electrons. The van der Waals surface area contributed by atoms with Crippen LogP contribution in [-0.2, 0) is 7.05 Å². The monoisotopic (exact) mass is 323 g/mol. The van der Waals surface area contributed by atoms with Gasteiger partial charge in [0, 0.05) is 37.1 Å². The van der Waals surface area contributed by atoms with E-state index in [1.807, 2.05) is 24.0 Å². The van der Waals surface area contributed by atoms with Crippen molar-refractivity contribution in [3.63, 3.8) is 0 Å². The van der Waals surface area contributed by atoms with Gasteiger partial charge in [0.2, 0.25) is 5.95 Å². The van der Waals surface area contributed by atoms with Crippen LogP contribution in [0.4, 0.5) is 5.95 Å². The molecule has 124 valence electrons. The zero-order valence-electron chi connectivity index (χ0n) is 13.7. The molecule has 0 atom stereocenters. The zero-order chi connectivity index (χ0) is 16.5. The predicted molar refractivity (Wildman–Crippen MR) is 93.4 cm³/mol. The van der Waals surface area contributed by atoms with E-state index in [-0.39, 0.29) is 0 Å². The van der Waals surface area contributed by atoms with E-state index >= 15 is 0 Å². The summed E-state index contributed by atoms with van der Waals surface area (Å²) < 4.78 is 1.82. The first-order valence-corrected chi connectivity index (χ1v) is 8.32. The number of pyridine rings is 1. The van der Waals surface area contributed by atoms with E-state index in [0.29, 0.717) is 18.0 Å². The maximum Gasteiger partial charge on any atom is 0.223 e. The second-order valence-corrected chi connectivity index (χ2v) is 6.42. The lowest BCUT2D eigenvalue weighted by Gasteiger charge is -2.26. The molecular formula is C17H21N7. The number of hydrogen-bond acceptors (Lipinski definition) is 6. The number of fused-ring (bicyclic) bond motifs is 1. The predicted octanol–water partition coefficient (Wildman–Crippen LogP) is 2.11. The lowest BCUT2D eigenvalue weighted by atomic mass is 9.92. The molecule has 0 unspecified atom stereocenters. The Labute approximate surface area is 140 Å². The Morgan fingerprint density at radius 3 is 2.83 bits per heavy atom. The topological polar surface area (TPSA) is 94.5 Å². The Kier molecular flexibility index (Phi) is 3.86. The van der Waals surface area contributed by atoms with E-state index in [1.54, 1.807) is 12.4 Å². The van der Waals surface area contributed by atoms with Gasteiger partial charge < -0.3 is 11.1 Å². The van der Waals surface area contributed by atoms with Crippen LogP contribution in [0.15, 0.2) is 30.7 Å². The van der Waals surface area contributed by atoms with E-state index < -0.39 is 0 Å². The van der Waals surface area contributed by atoms with Gasteiger partial charge in [-0.25, -0.2) is 9.97 Å². The number of nitrogens with one attached hydrogen (secondary N) is 1. The lowest BCUT2D eigenvalue weighted by molar-refractivity contribution is 0.410. The molecule has 1 saturated carbocycles. The third-order valence-corrected chi connectivity index (χ3v) is 4.66. The number of hydrogen-bond donors (Lipinski definition) is 2. The van der Waals surface area contributed by atoms with E-state index in [2.05, 4.69) is 31.4 Å². The quantitative estimate of drug-likeness (QED) is 0.766. The van der Waals surface area contributed by atoms with E-state index in [9.17, 15) is 0 Å². The highest BCUT2D eigenvalue weighted by Crippen LogP contribution is 2.23. The van der Waals surface area contributed by atoms with Gasteiger partial charge in [0.25, 0.3) is 0 Å². The third-order valence-electron chi connectivity index (χ3n) is 4.66. The fourth-order valence-electron chi connectivity index (χ4n) is 3.20. The number of nitrogens with zero attached hydrogens (tertiary/aromatic N) is 5. The van der Waals surface area contributed by atoms with Crippen molar-refractivity contribution in [2.75, 3.05) is 5.32 Å². The van der Waals surface area contributed by atoms with Gasteiger partial charge >= 0.3 is 0 Å². The molecule has 0 amide bonds. The Bertz CT molecular complexity index is 849. The van der Waals surface area contributed by atoms with Crippen molar-refractivity contribution in [1.29, 1.82) is 0 Å². The van der Waals surface area contributed by atoms with E-state index in [0.717, 1.165) is 48.0 Å². The molecule has 0 saturated heterocycles. The van der Waals surface area contributed by atoms with Gasteiger partial charge in [-0.05, 0) is 37.8 Å². The number of anilines is 1. The van der Waals surface area contributed by atoms with Gasteiger partial charge in [-0.2, -0.15) is 5.10 Å². The molecule has 3 N–H and O–H groups in total. The first kappa shape index (κ1) is 15.0. The number of aryl methyl sites for hydroxylation is 1. The zero-order valence-corrected chi connectivity index (χ0v) is 13.7. The largest absolute Gasteiger partial charge is 0.351 e. The standard InChI is InChI=1S/C17H21N7/c1-24-16-8-11(9-20-15(16)10-21-24)14-6-7-19-17(23-14)22-13-4-2-12(18)3-5-13/h6-10,12-13H,2-5,18H2,1H3,(H,19,22,23). The minimum atomic E-state index is 0.340. The maximum atomic E-state index is 5.97. The summed E-state index contributed by atoms with van der Waals surface area (Å²) in [5.41, 5.74) is 9.65. The van der Waals surface area contributed by atoms with E-state index in [4.69, 9.17) is 5.73 Å². The third kappa shape index (κ3) is 2.94. The van der Waals surface area contributed by atoms with Crippen LogP contribution in [0.3, 0.4) is 0 Å². The average Bonchev–Trinajstić information content (AvgIpc) is 2.98. The van der Waals surface area contributed by atoms with Crippen molar-refractivity contribution in [3.8, 4) is 11.3 Å². The highest BCUT2D eigenvalue weighted by Gasteiger charge is 2.19. The summed E-state index contributed by atoms with van der Waals surface area (Å²) >= 11 is 0. The molecule has 1 aliphatic carbocycles. The summed E-state index contributed by atoms with van der Waals surface area (Å²) in [4.78, 5) is 13.5. The molecule has 7 nitrogen and oxygen atoms in total. The Morgan fingerprint density at radius 2 is 2.00 bits per heavy atom. The summed E-state index contributed by atoms with van der Waals surface area (Å²) in [7, 11) is 1.91. The van der Waals surface area contributed by atoms with Crippen LogP contribution < -0.4 is 11.1 Å². The van der Waals surface area contributed by atoms with Crippen LogP contribution in [0.2, 0.25) is 0 Å². The van der Waals surface area contributed by atoms with E-state index in [1.165, 1.54) is 0 Å². The number of nitrogens with two attached hydrogens (primary N) is 1. The highest BCUT2D eigenvalue weighted by molar-refractivity contribution is 5.79. The molecule has 3 heterocycles. The lowest BCUT2D eigenvalue weighted by Crippen LogP contribution is -2.33.